The van der Waals surface area contributed by atoms with Crippen molar-refractivity contribution in [3.63, 3.8) is 0 Å². The lowest BCUT2D eigenvalue weighted by molar-refractivity contribution is 0.215. The Labute approximate surface area is 156 Å². The van der Waals surface area contributed by atoms with Crippen LogP contribution in [-0.2, 0) is 6.54 Å². The van der Waals surface area contributed by atoms with Crippen LogP contribution in [0.15, 0.2) is 52.1 Å². The maximum absolute atomic E-state index is 5.70. The van der Waals surface area contributed by atoms with E-state index < -0.39 is 0 Å². The van der Waals surface area contributed by atoms with Gasteiger partial charge in [-0.2, -0.15) is 0 Å². The minimum Gasteiger partial charge on any atom is -0.468 e. The Morgan fingerprint density at radius 2 is 1.96 bits per heavy atom. The first-order valence-corrected chi connectivity index (χ1v) is 9.62. The zero-order valence-electron chi connectivity index (χ0n) is 15.9. The van der Waals surface area contributed by atoms with Gasteiger partial charge in [0.25, 0.3) is 0 Å². The third-order valence-corrected chi connectivity index (χ3v) is 4.93. The van der Waals surface area contributed by atoms with Gasteiger partial charge in [-0.05, 0) is 63.0 Å². The van der Waals surface area contributed by atoms with Crippen LogP contribution in [0.1, 0.15) is 42.7 Å². The number of nitrogens with one attached hydrogen (secondary N) is 2. The number of nitrogens with zero attached hydrogens (tertiary/aromatic N) is 2. The van der Waals surface area contributed by atoms with Crippen molar-refractivity contribution in [3.8, 4) is 0 Å². The van der Waals surface area contributed by atoms with Crippen molar-refractivity contribution >= 4 is 5.96 Å². The smallest absolute Gasteiger partial charge is 0.191 e. The summed E-state index contributed by atoms with van der Waals surface area (Å²) in [6.07, 6.45) is 4.28. The number of hydrogen-bond acceptors (Lipinski definition) is 3. The van der Waals surface area contributed by atoms with Gasteiger partial charge >= 0.3 is 0 Å². The van der Waals surface area contributed by atoms with Crippen molar-refractivity contribution < 1.29 is 4.42 Å². The molecule has 1 aliphatic heterocycles. The fourth-order valence-electron chi connectivity index (χ4n) is 3.43. The molecule has 0 aliphatic carbocycles. The number of benzene rings is 1. The monoisotopic (exact) mass is 354 g/mol. The normalized spacial score (nSPS) is 16.6. The fraction of sp³-hybridized carbons (Fsp3) is 0.476. The highest BCUT2D eigenvalue weighted by molar-refractivity contribution is 5.79. The zero-order chi connectivity index (χ0) is 18.2. The second-order valence-corrected chi connectivity index (χ2v) is 6.78. The molecule has 0 saturated carbocycles. The molecule has 0 bridgehead atoms. The molecule has 26 heavy (non-hydrogen) atoms. The predicted octanol–water partition coefficient (Wildman–Crippen LogP) is 3.48. The van der Waals surface area contributed by atoms with Crippen LogP contribution in [0.2, 0.25) is 0 Å². The van der Waals surface area contributed by atoms with E-state index in [-0.39, 0.29) is 6.04 Å². The second-order valence-electron chi connectivity index (χ2n) is 6.78. The Balaban J connectivity index is 1.66. The highest BCUT2D eigenvalue weighted by Gasteiger charge is 2.25. The van der Waals surface area contributed by atoms with E-state index in [4.69, 9.17) is 9.41 Å². The van der Waals surface area contributed by atoms with E-state index in [9.17, 15) is 0 Å². The molecule has 2 heterocycles. The number of rotatable bonds is 7. The molecular weight excluding hydrogens is 324 g/mol. The van der Waals surface area contributed by atoms with Crippen molar-refractivity contribution in [1.82, 2.24) is 15.5 Å². The molecule has 1 atom stereocenters. The Kier molecular flexibility index (Phi) is 6.72. The van der Waals surface area contributed by atoms with Gasteiger partial charge in [0, 0.05) is 13.1 Å². The number of aliphatic imine (C=N–C) groups is 1. The summed E-state index contributed by atoms with van der Waals surface area (Å²) in [4.78, 5) is 7.27. The average molecular weight is 354 g/mol. The molecule has 1 fully saturated rings. The molecule has 140 valence electrons. The van der Waals surface area contributed by atoms with E-state index in [1.54, 1.807) is 6.26 Å². The summed E-state index contributed by atoms with van der Waals surface area (Å²) in [5, 5.41) is 6.87. The van der Waals surface area contributed by atoms with Gasteiger partial charge in [0.05, 0.1) is 18.8 Å². The maximum atomic E-state index is 5.70. The number of furan rings is 1. The molecule has 0 amide bonds. The SMILES string of the molecule is CCNC(=NCc1ccccc1C)NCC(c1ccco1)N1CCCC1. The van der Waals surface area contributed by atoms with E-state index in [0.717, 1.165) is 37.9 Å². The van der Waals surface area contributed by atoms with Crippen LogP contribution in [0.4, 0.5) is 0 Å². The van der Waals surface area contributed by atoms with Gasteiger partial charge in [0.2, 0.25) is 0 Å². The first kappa shape index (κ1) is 18.5. The summed E-state index contributed by atoms with van der Waals surface area (Å²) < 4.78 is 5.70. The van der Waals surface area contributed by atoms with Crippen LogP contribution in [0.3, 0.4) is 0 Å². The predicted molar refractivity (Wildman–Crippen MR) is 106 cm³/mol. The highest BCUT2D eigenvalue weighted by Crippen LogP contribution is 2.24. The van der Waals surface area contributed by atoms with Crippen molar-refractivity contribution in [2.75, 3.05) is 26.2 Å². The molecule has 5 heteroatoms. The van der Waals surface area contributed by atoms with E-state index in [1.807, 2.05) is 6.07 Å². The summed E-state index contributed by atoms with van der Waals surface area (Å²) in [7, 11) is 0. The molecular formula is C21H30N4O. The van der Waals surface area contributed by atoms with Gasteiger partial charge < -0.3 is 15.1 Å². The average Bonchev–Trinajstić information content (AvgIpc) is 3.35. The van der Waals surface area contributed by atoms with Crippen LogP contribution in [-0.4, -0.2) is 37.0 Å². The van der Waals surface area contributed by atoms with Crippen LogP contribution in [0.5, 0.6) is 0 Å². The largest absolute Gasteiger partial charge is 0.468 e. The highest BCUT2D eigenvalue weighted by atomic mass is 16.3. The maximum Gasteiger partial charge on any atom is 0.191 e. The minimum atomic E-state index is 0.245. The number of guanidine groups is 1. The van der Waals surface area contributed by atoms with Gasteiger partial charge in [-0.15, -0.1) is 0 Å². The van der Waals surface area contributed by atoms with Gasteiger partial charge in [-0.25, -0.2) is 4.99 Å². The molecule has 1 aromatic heterocycles. The standard InChI is InChI=1S/C21H30N4O/c1-3-22-21(23-15-18-10-5-4-9-17(18)2)24-16-19(20-11-8-14-26-20)25-12-6-7-13-25/h4-5,8-11,14,19H,3,6-7,12-13,15-16H2,1-2H3,(H2,22,23,24). The van der Waals surface area contributed by atoms with Gasteiger partial charge in [0.1, 0.15) is 5.76 Å². The van der Waals surface area contributed by atoms with Crippen LogP contribution >= 0.6 is 0 Å². The zero-order valence-corrected chi connectivity index (χ0v) is 15.9. The molecule has 1 aromatic carbocycles. The lowest BCUT2D eigenvalue weighted by Crippen LogP contribution is -2.42. The van der Waals surface area contributed by atoms with E-state index in [0.29, 0.717) is 6.54 Å². The van der Waals surface area contributed by atoms with E-state index in [2.05, 4.69) is 59.7 Å². The van der Waals surface area contributed by atoms with Crippen LogP contribution in [0, 0.1) is 6.92 Å². The third-order valence-electron chi connectivity index (χ3n) is 4.93. The molecule has 1 unspecified atom stereocenters. The molecule has 2 N–H and O–H groups in total. The minimum absolute atomic E-state index is 0.245. The molecule has 1 saturated heterocycles. The Morgan fingerprint density at radius 1 is 1.15 bits per heavy atom. The number of aryl methyl sites for hydroxylation is 1. The van der Waals surface area contributed by atoms with Crippen molar-refractivity contribution in [2.24, 2.45) is 4.99 Å². The van der Waals surface area contributed by atoms with E-state index in [1.165, 1.54) is 24.0 Å². The van der Waals surface area contributed by atoms with Gasteiger partial charge in [-0.1, -0.05) is 24.3 Å². The van der Waals surface area contributed by atoms with E-state index >= 15 is 0 Å². The molecule has 0 spiro atoms. The second kappa shape index (κ2) is 9.43. The summed E-state index contributed by atoms with van der Waals surface area (Å²) in [6.45, 7) is 8.79. The molecule has 5 nitrogen and oxygen atoms in total. The fourth-order valence-corrected chi connectivity index (χ4v) is 3.43. The van der Waals surface area contributed by atoms with Crippen molar-refractivity contribution in [2.45, 2.75) is 39.3 Å². The van der Waals surface area contributed by atoms with Gasteiger partial charge in [-0.3, -0.25) is 4.90 Å². The number of likely N-dealkylation sites (tertiary alicyclic amines) is 1. The Bertz CT molecular complexity index is 690. The lowest BCUT2D eigenvalue weighted by Gasteiger charge is -2.26. The quantitative estimate of drug-likeness (QED) is 0.590. The first-order chi connectivity index (χ1) is 12.8. The first-order valence-electron chi connectivity index (χ1n) is 9.62. The molecule has 3 rings (SSSR count). The Morgan fingerprint density at radius 3 is 2.65 bits per heavy atom. The third kappa shape index (κ3) is 4.88. The van der Waals surface area contributed by atoms with Crippen LogP contribution < -0.4 is 10.6 Å². The van der Waals surface area contributed by atoms with Crippen molar-refractivity contribution in [3.05, 3.63) is 59.5 Å². The molecule has 2 aromatic rings. The van der Waals surface area contributed by atoms with Crippen molar-refractivity contribution in [1.29, 1.82) is 0 Å². The summed E-state index contributed by atoms with van der Waals surface area (Å²) >= 11 is 0. The van der Waals surface area contributed by atoms with Gasteiger partial charge in [0.15, 0.2) is 5.96 Å². The topological polar surface area (TPSA) is 52.8 Å². The molecule has 1 aliphatic rings. The summed E-state index contributed by atoms with van der Waals surface area (Å²) in [5.74, 6) is 1.88. The number of hydrogen-bond donors (Lipinski definition) is 2. The summed E-state index contributed by atoms with van der Waals surface area (Å²) in [5.41, 5.74) is 2.53. The Hall–Kier alpha value is -2.27. The van der Waals surface area contributed by atoms with Crippen LogP contribution in [0.25, 0.3) is 0 Å². The lowest BCUT2D eigenvalue weighted by atomic mass is 10.1. The molecule has 0 radical (unpaired) electrons. The summed E-state index contributed by atoms with van der Waals surface area (Å²) in [6, 6.07) is 12.7.